The van der Waals surface area contributed by atoms with Crippen molar-refractivity contribution >= 4 is 166 Å². The fourth-order valence-corrected chi connectivity index (χ4v) is 11.8. The Kier molecular flexibility index (Phi) is 44.2. The van der Waals surface area contributed by atoms with Gasteiger partial charge in [-0.1, -0.05) is 78.4 Å². The molecule has 32 nitrogen and oxygen atoms in total. The Hall–Kier alpha value is -10.1. The van der Waals surface area contributed by atoms with Crippen LogP contribution in [-0.4, -0.2) is 145 Å². The van der Waals surface area contributed by atoms with E-state index in [0.29, 0.717) is 31.5 Å². The van der Waals surface area contributed by atoms with E-state index in [1.54, 1.807) is 27.7 Å². The van der Waals surface area contributed by atoms with E-state index in [1.165, 1.54) is 50.9 Å². The maximum absolute atomic E-state index is 13.1. The number of hydrazine groups is 1. The van der Waals surface area contributed by atoms with Crippen molar-refractivity contribution in [2.45, 2.75) is 140 Å². The highest BCUT2D eigenvalue weighted by Gasteiger charge is 2.37. The number of aromatic nitrogens is 14. The average molecular weight is 1900 g/mol. The SMILES string of the molecule is C.C.C.C.CC(=O)NCC(=O)c1cc(C(=O)C[C@H](C)c2ncc(C(=O)Cc3cc(C(F)(F)F)c(Cl)cn3)s2)ncn1.CC(=O)NN.C[C@@H](N)c1ncc(C(=O)Cc2cc(C(F)(F)F)c(Cl)cn2)s1.Cc1nnc(-c2cc(C(=O)C[C@H](C)c3ncc(C(=O)Cc4cc(C(F)(F)F)c(Cl)cn4)s3)ncn2)o1.O=C(O)c1cc(C(=O)O)ncn1.O=P(Cl)(Cl)Cl. The first kappa shape index (κ1) is 109. The van der Waals surface area contributed by atoms with Gasteiger partial charge in [0.15, 0.2) is 46.1 Å². The molecule has 0 spiro atoms. The predicted octanol–water partition coefficient (Wildman–Crippen LogP) is 17.2. The van der Waals surface area contributed by atoms with Crippen molar-refractivity contribution in [2.75, 3.05) is 6.54 Å². The number of rotatable bonds is 24. The molecule has 0 aliphatic rings. The van der Waals surface area contributed by atoms with Crippen molar-refractivity contribution in [3.05, 3.63) is 205 Å². The van der Waals surface area contributed by atoms with Gasteiger partial charge in [-0.15, -0.1) is 44.2 Å². The minimum atomic E-state index is -4.68. The van der Waals surface area contributed by atoms with Crippen molar-refractivity contribution in [3.8, 4) is 11.6 Å². The zero-order valence-electron chi connectivity index (χ0n) is 60.2. The molecule has 3 atom stereocenters. The minimum Gasteiger partial charge on any atom is -0.477 e. The molecule has 654 valence electrons. The van der Waals surface area contributed by atoms with Crippen LogP contribution in [-0.2, 0) is 51.9 Å². The van der Waals surface area contributed by atoms with Gasteiger partial charge in [0.1, 0.15) is 46.8 Å². The summed E-state index contributed by atoms with van der Waals surface area (Å²) in [6, 6.07) is 5.56. The van der Waals surface area contributed by atoms with Crippen molar-refractivity contribution in [1.82, 2.24) is 80.7 Å². The van der Waals surface area contributed by atoms with Crippen molar-refractivity contribution < 1.29 is 107 Å². The van der Waals surface area contributed by atoms with Gasteiger partial charge in [0.2, 0.25) is 17.7 Å². The molecule has 10 heterocycles. The second-order valence-corrected chi connectivity index (χ2v) is 34.4. The van der Waals surface area contributed by atoms with Crippen LogP contribution in [0.5, 0.6) is 0 Å². The van der Waals surface area contributed by atoms with Crippen molar-refractivity contribution in [2.24, 2.45) is 11.6 Å². The molecule has 2 amide bonds. The first-order valence-corrected chi connectivity index (χ1v) is 40.0. The number of carboxylic acid groups (broad SMARTS) is 2. The summed E-state index contributed by atoms with van der Waals surface area (Å²) in [7, 11) is 0. The summed E-state index contributed by atoms with van der Waals surface area (Å²) < 4.78 is 132. The molecule has 0 saturated heterocycles. The maximum Gasteiger partial charge on any atom is 0.417 e. The molecule has 8 N–H and O–H groups in total. The number of carboxylic acids is 2. The predicted molar refractivity (Wildman–Crippen MR) is 432 cm³/mol. The number of aryl methyl sites for hydroxylation is 1. The van der Waals surface area contributed by atoms with Gasteiger partial charge in [-0.05, 0) is 71.0 Å². The van der Waals surface area contributed by atoms with Crippen LogP contribution < -0.4 is 22.3 Å². The number of Topliss-reactive ketones (excluding diaryl/α,β-unsaturated/α-hetero) is 6. The molecule has 0 unspecified atom stereocenters. The van der Waals surface area contributed by atoms with Crippen LogP contribution in [0.4, 0.5) is 39.5 Å². The Morgan fingerprint density at radius 2 is 0.785 bits per heavy atom. The molecular weight excluding hydrogens is 1830 g/mol. The summed E-state index contributed by atoms with van der Waals surface area (Å²) in [5.41, 5.74) is 4.04. The number of alkyl halides is 9. The lowest BCUT2D eigenvalue weighted by atomic mass is 10.0. The van der Waals surface area contributed by atoms with Crippen LogP contribution in [0.3, 0.4) is 0 Å². The lowest BCUT2D eigenvalue weighted by molar-refractivity contribution is -0.138. The highest BCUT2D eigenvalue weighted by atomic mass is 36.0. The highest BCUT2D eigenvalue weighted by molar-refractivity contribution is 8.24. The quantitative estimate of drug-likeness (QED) is 0.00817. The van der Waals surface area contributed by atoms with Gasteiger partial charge in [0.05, 0.1) is 88.3 Å². The van der Waals surface area contributed by atoms with E-state index in [2.05, 4.69) is 115 Å². The van der Waals surface area contributed by atoms with E-state index in [-0.39, 0.29) is 165 Å². The summed E-state index contributed by atoms with van der Waals surface area (Å²) in [6.45, 7) is 9.18. The van der Waals surface area contributed by atoms with Gasteiger partial charge in [-0.3, -0.25) is 63.3 Å². The van der Waals surface area contributed by atoms with Crippen molar-refractivity contribution in [1.29, 1.82) is 0 Å². The number of hydrogen-bond donors (Lipinski definition) is 6. The number of aromatic carboxylic acids is 2. The third-order valence-corrected chi connectivity index (χ3v) is 18.7. The molecule has 10 rings (SSSR count). The number of ketones is 6. The number of hydrogen-bond acceptors (Lipinski definition) is 31. The van der Waals surface area contributed by atoms with Gasteiger partial charge >= 0.3 is 35.7 Å². The van der Waals surface area contributed by atoms with E-state index in [4.69, 9.17) is 55.2 Å². The number of nitrogens with zero attached hydrogens (tertiary/aromatic N) is 14. The highest BCUT2D eigenvalue weighted by Crippen LogP contribution is 2.61. The monoisotopic (exact) mass is 1900 g/mol. The number of thiazole rings is 3. The van der Waals surface area contributed by atoms with E-state index < -0.39 is 96.5 Å². The summed E-state index contributed by atoms with van der Waals surface area (Å²) in [5.74, 6) is -1.30. The molecule has 0 radical (unpaired) electrons. The molecule has 0 aliphatic heterocycles. The van der Waals surface area contributed by atoms with Crippen LogP contribution in [0.15, 0.2) is 97.0 Å². The van der Waals surface area contributed by atoms with Gasteiger partial charge in [-0.2, -0.15) is 39.5 Å². The first-order chi connectivity index (χ1) is 54.4. The Labute approximate surface area is 723 Å². The Morgan fingerprint density at radius 3 is 1.09 bits per heavy atom. The number of nitrogens with one attached hydrogen (secondary N) is 2. The van der Waals surface area contributed by atoms with Crippen molar-refractivity contribution in [3.63, 3.8) is 0 Å². The fraction of sp³-hybridized carbons (Fsp3) is 0.314. The standard InChI is InChI=1S/C23H19ClF3N5O4S.C22H16ClF3N6O3S.C13H11ClF3N3OS.C6H4N2O4.C2H6N2O.4CH4.Cl3OP/c1-11(3-18(34)16-6-17(32-10-31-16)20(36)8-28-12(2)33)22-30-9-21(37-22)19(35)5-13-4-14(23(25,26)27)15(24)7-29-13;1-10(3-17(33)15-6-16(30-9-29-15)20-32-31-11(2)35-20)21-28-8-19(36-21)18(34)5-12-4-13(22(24,25)26)14(23)7-27-12;1-6(18)12-20-5-11(22-12)10(21)3-7-2-8(13(15,16)17)9(14)4-19-7;9-5(10)3-1-4(6(11)12)8-2-7-3;1-2(5)4-3;;;;;1-5(2,3)4/h4,6-7,9-11H,3,5,8H2,1-2H3,(H,28,33);4,6-10H,3,5H2,1-2H3;2,4-6H,3,18H2,1H3;1-2H,(H,9,10)(H,11,12);3H2,1H3,(H,4,5);4*1H4;/t11-;10-;6-;;;;;;;/m001......./s1. The number of nitrogens with two attached hydrogens (primary N) is 2. The molecule has 0 saturated carbocycles. The number of carbonyl (C=O) groups excluding carboxylic acids is 8. The van der Waals surface area contributed by atoms with Crippen LogP contribution in [0.2, 0.25) is 15.1 Å². The molecule has 0 bridgehead atoms. The summed E-state index contributed by atoms with van der Waals surface area (Å²) in [6.07, 6.45) is -5.10. The smallest absolute Gasteiger partial charge is 0.417 e. The lowest BCUT2D eigenvalue weighted by Gasteiger charge is -2.09. The van der Waals surface area contributed by atoms with E-state index >= 15 is 0 Å². The average Bonchev–Trinajstić information content (AvgIpc) is 1.74. The normalized spacial score (nSPS) is 11.5. The number of carbonyl (C=O) groups is 10. The third-order valence-electron chi connectivity index (χ3n) is 14.0. The topological polar surface area (TPSA) is 498 Å². The molecule has 121 heavy (non-hydrogen) atoms. The van der Waals surface area contributed by atoms with Crippen LogP contribution in [0.25, 0.3) is 11.6 Å². The van der Waals surface area contributed by atoms with E-state index in [0.717, 1.165) is 89.5 Å². The molecule has 10 aromatic rings. The largest absolute Gasteiger partial charge is 0.477 e. The molecule has 0 aromatic carbocycles. The maximum atomic E-state index is 13.1. The van der Waals surface area contributed by atoms with E-state index in [9.17, 15) is 92.0 Å². The number of amides is 2. The van der Waals surface area contributed by atoms with Gasteiger partial charge < -0.3 is 25.7 Å². The summed E-state index contributed by atoms with van der Waals surface area (Å²) in [4.78, 5) is 163. The molecule has 10 aromatic heterocycles. The van der Waals surface area contributed by atoms with Crippen LogP contribution >= 0.6 is 108 Å². The number of halogens is 15. The fourth-order valence-electron chi connectivity index (χ4n) is 8.57. The van der Waals surface area contributed by atoms with Gasteiger partial charge in [0, 0.05) is 106 Å². The second kappa shape index (κ2) is 49.1. The van der Waals surface area contributed by atoms with Crippen LogP contribution in [0, 0.1) is 6.92 Å². The second-order valence-electron chi connectivity index (χ2n) is 23.3. The first-order valence-electron chi connectivity index (χ1n) is 32.0. The summed E-state index contributed by atoms with van der Waals surface area (Å²) >= 11 is 33.7. The van der Waals surface area contributed by atoms with Gasteiger partial charge in [0.25, 0.3) is 5.89 Å². The molecular formula is C70H72Cl6F9N18O14PS3. The Balaban J connectivity index is 0.000000807. The van der Waals surface area contributed by atoms with E-state index in [1.807, 2.05) is 5.43 Å². The molecule has 51 heteroatoms. The zero-order chi connectivity index (χ0) is 87.8. The minimum absolute atomic E-state index is 0. The molecule has 0 aliphatic carbocycles. The van der Waals surface area contributed by atoms with Crippen LogP contribution in [0.1, 0.15) is 231 Å². The Bertz CT molecular complexity index is 5300. The number of pyridine rings is 3. The van der Waals surface area contributed by atoms with Gasteiger partial charge in [-0.25, -0.2) is 60.3 Å². The summed E-state index contributed by atoms with van der Waals surface area (Å²) in [5, 5.41) is 23.5. The zero-order valence-corrected chi connectivity index (χ0v) is 68.1. The Morgan fingerprint density at radius 1 is 0.471 bits per heavy atom. The lowest BCUT2D eigenvalue weighted by Crippen LogP contribution is -2.27. The third kappa shape index (κ3) is 36.2. The molecule has 0 fully saturated rings.